The fourth-order valence-electron chi connectivity index (χ4n) is 3.45. The van der Waals surface area contributed by atoms with Gasteiger partial charge in [-0.25, -0.2) is 9.78 Å². The molecule has 8 heteroatoms. The highest BCUT2D eigenvalue weighted by atomic mass is 16.6. The maximum absolute atomic E-state index is 12.9. The highest BCUT2D eigenvalue weighted by Gasteiger charge is 2.32. The summed E-state index contributed by atoms with van der Waals surface area (Å²) in [5.74, 6) is -0.253. The molecule has 0 aliphatic carbocycles. The number of nitrogens with zero attached hydrogens (tertiary/aromatic N) is 4. The summed E-state index contributed by atoms with van der Waals surface area (Å²) in [5, 5.41) is 3.03. The van der Waals surface area contributed by atoms with E-state index in [1.54, 1.807) is 27.9 Å². The minimum absolute atomic E-state index is 0.252. The Morgan fingerprint density at radius 2 is 2.00 bits per heavy atom. The van der Waals surface area contributed by atoms with E-state index in [9.17, 15) is 9.59 Å². The summed E-state index contributed by atoms with van der Waals surface area (Å²) < 4.78 is 7.26. The van der Waals surface area contributed by atoms with Gasteiger partial charge in [0.25, 0.3) is 5.91 Å². The first-order valence-electron chi connectivity index (χ1n) is 9.48. The van der Waals surface area contributed by atoms with Crippen LogP contribution in [0.4, 0.5) is 10.5 Å². The molecule has 1 aliphatic heterocycles. The molecular formula is C21H23N5O3. The van der Waals surface area contributed by atoms with E-state index in [2.05, 4.69) is 15.3 Å². The van der Waals surface area contributed by atoms with Crippen LogP contribution in [0, 0.1) is 0 Å². The van der Waals surface area contributed by atoms with E-state index in [4.69, 9.17) is 4.74 Å². The van der Waals surface area contributed by atoms with Gasteiger partial charge in [0, 0.05) is 18.9 Å². The predicted octanol–water partition coefficient (Wildman–Crippen LogP) is 2.83. The first-order chi connectivity index (χ1) is 13.8. The molecule has 1 aliphatic rings. The van der Waals surface area contributed by atoms with Gasteiger partial charge in [-0.05, 0) is 38.8 Å². The monoisotopic (exact) mass is 393 g/mol. The molecule has 0 spiro atoms. The Morgan fingerprint density at radius 1 is 1.21 bits per heavy atom. The molecule has 150 valence electrons. The first-order valence-corrected chi connectivity index (χ1v) is 9.48. The Morgan fingerprint density at radius 3 is 2.79 bits per heavy atom. The number of carbonyl (C=O) groups is 2. The lowest BCUT2D eigenvalue weighted by Gasteiger charge is -2.35. The van der Waals surface area contributed by atoms with Crippen molar-refractivity contribution in [3.8, 4) is 0 Å². The summed E-state index contributed by atoms with van der Waals surface area (Å²) >= 11 is 0. The van der Waals surface area contributed by atoms with Crippen molar-refractivity contribution in [2.24, 2.45) is 0 Å². The Hall–Kier alpha value is -3.42. The molecule has 0 saturated carbocycles. The summed E-state index contributed by atoms with van der Waals surface area (Å²) in [7, 11) is 0. The zero-order valence-electron chi connectivity index (χ0n) is 16.6. The number of fused-ring (bicyclic) bond motifs is 2. The summed E-state index contributed by atoms with van der Waals surface area (Å²) in [6, 6.07) is 7.42. The summed E-state index contributed by atoms with van der Waals surface area (Å²) in [5.41, 5.74) is 2.21. The van der Waals surface area contributed by atoms with Crippen molar-refractivity contribution in [3.63, 3.8) is 0 Å². The molecule has 1 atom stereocenters. The van der Waals surface area contributed by atoms with Crippen molar-refractivity contribution in [2.45, 2.75) is 38.8 Å². The number of aromatic nitrogens is 3. The molecule has 0 fully saturated rings. The summed E-state index contributed by atoms with van der Waals surface area (Å²) in [6.45, 7) is 5.83. The second-order valence-corrected chi connectivity index (χ2v) is 8.04. The van der Waals surface area contributed by atoms with Gasteiger partial charge in [0.2, 0.25) is 0 Å². The number of amides is 2. The number of nitrogens with one attached hydrogen (secondary N) is 1. The Kier molecular flexibility index (Phi) is 4.70. The number of ether oxygens (including phenoxy) is 1. The van der Waals surface area contributed by atoms with Gasteiger partial charge in [-0.15, -0.1) is 0 Å². The molecule has 3 heterocycles. The molecule has 2 amide bonds. The third-order valence-electron chi connectivity index (χ3n) is 4.65. The van der Waals surface area contributed by atoms with Crippen LogP contribution >= 0.6 is 0 Å². The number of para-hydroxylation sites is 1. The second-order valence-electron chi connectivity index (χ2n) is 8.04. The van der Waals surface area contributed by atoms with Gasteiger partial charge in [0.05, 0.1) is 24.1 Å². The average molecular weight is 393 g/mol. The van der Waals surface area contributed by atoms with Crippen molar-refractivity contribution in [1.82, 2.24) is 19.7 Å². The minimum atomic E-state index is -0.604. The van der Waals surface area contributed by atoms with Crippen LogP contribution in [0.1, 0.15) is 36.8 Å². The molecule has 0 saturated heterocycles. The Labute approximate surface area is 168 Å². The van der Waals surface area contributed by atoms with Gasteiger partial charge < -0.3 is 10.1 Å². The van der Waals surface area contributed by atoms with Crippen molar-refractivity contribution in [3.05, 3.63) is 60.3 Å². The van der Waals surface area contributed by atoms with Crippen LogP contribution in [0.25, 0.3) is 5.65 Å². The van der Waals surface area contributed by atoms with Crippen LogP contribution in [-0.2, 0) is 11.2 Å². The fourth-order valence-corrected chi connectivity index (χ4v) is 3.45. The van der Waals surface area contributed by atoms with E-state index in [0.29, 0.717) is 24.3 Å². The topological polar surface area (TPSA) is 88.8 Å². The number of benzene rings is 1. The number of anilines is 1. The molecule has 1 unspecified atom stereocenters. The van der Waals surface area contributed by atoms with E-state index in [1.807, 2.05) is 45.0 Å². The van der Waals surface area contributed by atoms with Gasteiger partial charge in [0.15, 0.2) is 5.65 Å². The third-order valence-corrected chi connectivity index (χ3v) is 4.65. The maximum Gasteiger partial charge on any atom is 0.414 e. The number of imidazole rings is 1. The maximum atomic E-state index is 12.9. The van der Waals surface area contributed by atoms with Crippen molar-refractivity contribution in [1.29, 1.82) is 0 Å². The molecule has 29 heavy (non-hydrogen) atoms. The van der Waals surface area contributed by atoms with Crippen molar-refractivity contribution < 1.29 is 14.3 Å². The highest BCUT2D eigenvalue weighted by molar-refractivity contribution is 5.94. The molecule has 8 nitrogen and oxygen atoms in total. The number of hydrogen-bond acceptors (Lipinski definition) is 5. The van der Waals surface area contributed by atoms with Crippen LogP contribution in [0.2, 0.25) is 0 Å². The lowest BCUT2D eigenvalue weighted by molar-refractivity contribution is 0.0571. The van der Waals surface area contributed by atoms with Crippen LogP contribution in [0.3, 0.4) is 0 Å². The first kappa shape index (κ1) is 18.9. The fraction of sp³-hybridized carbons (Fsp3) is 0.333. The van der Waals surface area contributed by atoms with Crippen molar-refractivity contribution >= 4 is 23.3 Å². The molecule has 2 aromatic heterocycles. The van der Waals surface area contributed by atoms with Crippen LogP contribution < -0.4 is 10.2 Å². The lowest BCUT2D eigenvalue weighted by Crippen LogP contribution is -2.51. The van der Waals surface area contributed by atoms with Crippen molar-refractivity contribution in [2.75, 3.05) is 11.4 Å². The van der Waals surface area contributed by atoms with Gasteiger partial charge >= 0.3 is 6.09 Å². The third kappa shape index (κ3) is 3.91. The van der Waals surface area contributed by atoms with Crippen LogP contribution in [-0.4, -0.2) is 44.6 Å². The van der Waals surface area contributed by atoms with E-state index < -0.39 is 11.7 Å². The molecular weight excluding hydrogens is 370 g/mol. The quantitative estimate of drug-likeness (QED) is 0.723. The number of carbonyl (C=O) groups excluding carboxylic acids is 2. The second kappa shape index (κ2) is 7.20. The predicted molar refractivity (Wildman–Crippen MR) is 108 cm³/mol. The molecule has 1 aromatic carbocycles. The summed E-state index contributed by atoms with van der Waals surface area (Å²) in [4.78, 5) is 35.5. The standard InChI is InChI=1S/C21H23N5O3/c1-21(2,3)29-20(28)26-13-15(10-14-6-4-5-7-16(14)26)24-19(27)17-11-23-18-12-22-8-9-25(17)18/h4-9,11-12,15H,10,13H2,1-3H3,(H,24,27). The minimum Gasteiger partial charge on any atom is -0.443 e. The largest absolute Gasteiger partial charge is 0.443 e. The Balaban J connectivity index is 1.57. The number of rotatable bonds is 2. The zero-order chi connectivity index (χ0) is 20.6. The van der Waals surface area contributed by atoms with E-state index in [-0.39, 0.29) is 11.9 Å². The average Bonchev–Trinajstić information content (AvgIpc) is 3.10. The lowest BCUT2D eigenvalue weighted by atomic mass is 9.98. The van der Waals surface area contributed by atoms with Crippen LogP contribution in [0.15, 0.2) is 49.1 Å². The van der Waals surface area contributed by atoms with E-state index in [1.165, 1.54) is 6.20 Å². The normalized spacial score (nSPS) is 16.4. The highest BCUT2D eigenvalue weighted by Crippen LogP contribution is 2.28. The number of hydrogen-bond donors (Lipinski definition) is 1. The molecule has 3 aromatic rings. The van der Waals surface area contributed by atoms with Crippen LogP contribution in [0.5, 0.6) is 0 Å². The summed E-state index contributed by atoms with van der Waals surface area (Å²) in [6.07, 6.45) is 6.61. The molecule has 0 radical (unpaired) electrons. The van der Waals surface area contributed by atoms with Gasteiger partial charge in [-0.2, -0.15) is 0 Å². The molecule has 4 rings (SSSR count). The van der Waals surface area contributed by atoms with E-state index >= 15 is 0 Å². The van der Waals surface area contributed by atoms with Gasteiger partial charge in [-0.1, -0.05) is 18.2 Å². The molecule has 1 N–H and O–H groups in total. The smallest absolute Gasteiger partial charge is 0.414 e. The Bertz CT molecular complexity index is 1070. The van der Waals surface area contributed by atoms with E-state index in [0.717, 1.165) is 11.3 Å². The van der Waals surface area contributed by atoms with Gasteiger partial charge in [0.1, 0.15) is 11.3 Å². The van der Waals surface area contributed by atoms with Gasteiger partial charge in [-0.3, -0.25) is 19.1 Å². The zero-order valence-corrected chi connectivity index (χ0v) is 16.6. The SMILES string of the molecule is CC(C)(C)OC(=O)N1CC(NC(=O)c2cnc3cnccn23)Cc2ccccc21. The molecule has 0 bridgehead atoms.